The van der Waals surface area contributed by atoms with Crippen molar-refractivity contribution in [3.8, 4) is 0 Å². The Balaban J connectivity index is 1.62. The molecule has 0 amide bonds. The van der Waals surface area contributed by atoms with Crippen LogP contribution in [0.4, 0.5) is 5.69 Å². The first-order valence-electron chi connectivity index (χ1n) is 8.47. The number of fused-ring (bicyclic) bond motifs is 1. The molecule has 0 aliphatic carbocycles. The number of hydrogen-bond donors (Lipinski definition) is 1. The van der Waals surface area contributed by atoms with Crippen molar-refractivity contribution in [2.24, 2.45) is 5.11 Å². The largest absolute Gasteiger partial charge is 0.379 e. The number of azide groups is 1. The lowest BCUT2D eigenvalue weighted by Crippen LogP contribution is -2.38. The van der Waals surface area contributed by atoms with Gasteiger partial charge in [-0.2, -0.15) is 0 Å². The van der Waals surface area contributed by atoms with Crippen LogP contribution in [0.2, 0.25) is 0 Å². The smallest absolute Gasteiger partial charge is 0.240 e. The fourth-order valence-electron chi connectivity index (χ4n) is 2.91. The SMILES string of the molecule is [N-]=[N+]=Nc1ccc2cc(S(=O)(=O)NCCCN3CCOCC3)ccc2c1. The Labute approximate surface area is 152 Å². The van der Waals surface area contributed by atoms with E-state index in [9.17, 15) is 8.42 Å². The Morgan fingerprint density at radius 2 is 1.88 bits per heavy atom. The van der Waals surface area contributed by atoms with Gasteiger partial charge in [-0.15, -0.1) is 0 Å². The Bertz CT molecular complexity index is 919. The maximum atomic E-state index is 12.5. The van der Waals surface area contributed by atoms with Crippen molar-refractivity contribution in [1.29, 1.82) is 0 Å². The Morgan fingerprint density at radius 1 is 1.15 bits per heavy atom. The van der Waals surface area contributed by atoms with Gasteiger partial charge in [-0.25, -0.2) is 13.1 Å². The van der Waals surface area contributed by atoms with Crippen LogP contribution in [0.3, 0.4) is 0 Å². The molecule has 26 heavy (non-hydrogen) atoms. The van der Waals surface area contributed by atoms with Crippen molar-refractivity contribution >= 4 is 26.5 Å². The van der Waals surface area contributed by atoms with Gasteiger partial charge < -0.3 is 4.74 Å². The summed E-state index contributed by atoms with van der Waals surface area (Å²) in [5.41, 5.74) is 8.99. The van der Waals surface area contributed by atoms with Crippen molar-refractivity contribution < 1.29 is 13.2 Å². The summed E-state index contributed by atoms with van der Waals surface area (Å²) in [6, 6.07) is 10.0. The number of hydrogen-bond acceptors (Lipinski definition) is 5. The van der Waals surface area contributed by atoms with Crippen LogP contribution < -0.4 is 4.72 Å². The molecule has 1 fully saturated rings. The van der Waals surface area contributed by atoms with E-state index in [1.165, 1.54) is 0 Å². The summed E-state index contributed by atoms with van der Waals surface area (Å²) >= 11 is 0. The average Bonchev–Trinajstić information content (AvgIpc) is 2.66. The molecule has 2 aromatic rings. The summed E-state index contributed by atoms with van der Waals surface area (Å²) in [4.78, 5) is 5.26. The molecule has 0 atom stereocenters. The summed E-state index contributed by atoms with van der Waals surface area (Å²) in [5.74, 6) is 0. The van der Waals surface area contributed by atoms with Crippen molar-refractivity contribution in [2.75, 3.05) is 39.4 Å². The first kappa shape index (κ1) is 18.6. The predicted octanol–water partition coefficient (Wildman–Crippen LogP) is 2.78. The summed E-state index contributed by atoms with van der Waals surface area (Å²) in [7, 11) is -3.55. The molecule has 3 rings (SSSR count). The minimum Gasteiger partial charge on any atom is -0.379 e. The van der Waals surface area contributed by atoms with Gasteiger partial charge >= 0.3 is 0 Å². The highest BCUT2D eigenvalue weighted by molar-refractivity contribution is 7.89. The quantitative estimate of drug-likeness (QED) is 0.347. The van der Waals surface area contributed by atoms with Gasteiger partial charge in [-0.05, 0) is 47.5 Å². The van der Waals surface area contributed by atoms with E-state index < -0.39 is 10.0 Å². The van der Waals surface area contributed by atoms with E-state index in [1.807, 2.05) is 0 Å². The first-order valence-corrected chi connectivity index (χ1v) is 9.95. The van der Waals surface area contributed by atoms with Crippen molar-refractivity contribution in [3.63, 3.8) is 0 Å². The van der Waals surface area contributed by atoms with Crippen LogP contribution in [0.1, 0.15) is 6.42 Å². The number of nitrogens with zero attached hydrogens (tertiary/aromatic N) is 4. The third-order valence-electron chi connectivity index (χ3n) is 4.31. The van der Waals surface area contributed by atoms with Crippen molar-refractivity contribution in [1.82, 2.24) is 9.62 Å². The highest BCUT2D eigenvalue weighted by atomic mass is 32.2. The monoisotopic (exact) mass is 375 g/mol. The Morgan fingerprint density at radius 3 is 2.65 bits per heavy atom. The minimum absolute atomic E-state index is 0.230. The molecule has 138 valence electrons. The van der Waals surface area contributed by atoms with E-state index in [1.54, 1.807) is 36.4 Å². The lowest BCUT2D eigenvalue weighted by atomic mass is 10.1. The Hall–Kier alpha value is -2.16. The number of ether oxygens (including phenoxy) is 1. The summed E-state index contributed by atoms with van der Waals surface area (Å²) in [6.45, 7) is 4.53. The van der Waals surface area contributed by atoms with Gasteiger partial charge in [0.05, 0.1) is 18.1 Å². The van der Waals surface area contributed by atoms with Crippen LogP contribution >= 0.6 is 0 Å². The van der Waals surface area contributed by atoms with E-state index in [2.05, 4.69) is 19.6 Å². The molecule has 1 heterocycles. The van der Waals surface area contributed by atoms with Gasteiger partial charge in [0.15, 0.2) is 0 Å². The van der Waals surface area contributed by atoms with Crippen LogP contribution in [-0.2, 0) is 14.8 Å². The molecule has 0 bridgehead atoms. The molecule has 1 aliphatic rings. The second-order valence-electron chi connectivity index (χ2n) is 6.09. The molecule has 1 aliphatic heterocycles. The van der Waals surface area contributed by atoms with E-state index in [0.717, 1.165) is 50.0 Å². The molecule has 2 aromatic carbocycles. The molecule has 0 radical (unpaired) electrons. The molecule has 0 spiro atoms. The van der Waals surface area contributed by atoms with E-state index >= 15 is 0 Å². The fraction of sp³-hybridized carbons (Fsp3) is 0.412. The number of morpholine rings is 1. The Kier molecular flexibility index (Phi) is 6.08. The highest BCUT2D eigenvalue weighted by Gasteiger charge is 2.15. The van der Waals surface area contributed by atoms with Crippen LogP contribution in [0.25, 0.3) is 21.2 Å². The molecular weight excluding hydrogens is 354 g/mol. The normalized spacial score (nSPS) is 15.7. The molecule has 9 heteroatoms. The third-order valence-corrected chi connectivity index (χ3v) is 5.77. The zero-order valence-corrected chi connectivity index (χ0v) is 15.2. The maximum absolute atomic E-state index is 12.5. The van der Waals surface area contributed by atoms with Crippen LogP contribution in [-0.4, -0.2) is 52.7 Å². The van der Waals surface area contributed by atoms with E-state index in [0.29, 0.717) is 12.2 Å². The molecule has 1 N–H and O–H groups in total. The van der Waals surface area contributed by atoms with Gasteiger partial charge in [0.2, 0.25) is 10.0 Å². The van der Waals surface area contributed by atoms with Crippen LogP contribution in [0, 0.1) is 0 Å². The van der Waals surface area contributed by atoms with Gasteiger partial charge in [-0.1, -0.05) is 23.3 Å². The molecular formula is C17H21N5O3S. The number of nitrogens with one attached hydrogen (secondary N) is 1. The average molecular weight is 375 g/mol. The molecule has 1 saturated heterocycles. The van der Waals surface area contributed by atoms with Gasteiger partial charge in [-0.3, -0.25) is 4.90 Å². The lowest BCUT2D eigenvalue weighted by Gasteiger charge is -2.26. The van der Waals surface area contributed by atoms with Gasteiger partial charge in [0, 0.05) is 30.2 Å². The number of sulfonamides is 1. The molecule has 8 nitrogen and oxygen atoms in total. The lowest BCUT2D eigenvalue weighted by molar-refractivity contribution is 0.0376. The van der Waals surface area contributed by atoms with E-state index in [4.69, 9.17) is 10.3 Å². The fourth-order valence-corrected chi connectivity index (χ4v) is 4.02. The molecule has 0 unspecified atom stereocenters. The highest BCUT2D eigenvalue weighted by Crippen LogP contribution is 2.24. The standard InChI is InChI=1S/C17H21N5O3S/c18-21-20-16-4-2-15-13-17(5-3-14(15)12-16)26(23,24)19-6-1-7-22-8-10-25-11-9-22/h2-5,12-13,19H,1,6-11H2. The number of benzene rings is 2. The second-order valence-corrected chi connectivity index (χ2v) is 7.85. The topological polar surface area (TPSA) is 107 Å². The van der Waals surface area contributed by atoms with Gasteiger partial charge in [0.25, 0.3) is 0 Å². The first-order chi connectivity index (χ1) is 12.6. The molecule has 0 aromatic heterocycles. The summed E-state index contributed by atoms with van der Waals surface area (Å²) < 4.78 is 32.9. The van der Waals surface area contributed by atoms with Crippen molar-refractivity contribution in [3.05, 3.63) is 46.8 Å². The number of rotatable bonds is 7. The second kappa shape index (κ2) is 8.48. The van der Waals surface area contributed by atoms with Gasteiger partial charge in [0.1, 0.15) is 0 Å². The molecule has 0 saturated carbocycles. The summed E-state index contributed by atoms with van der Waals surface area (Å²) in [6.07, 6.45) is 0.752. The van der Waals surface area contributed by atoms with E-state index in [-0.39, 0.29) is 4.90 Å². The van der Waals surface area contributed by atoms with Crippen LogP contribution in [0.5, 0.6) is 0 Å². The zero-order valence-electron chi connectivity index (χ0n) is 14.3. The van der Waals surface area contributed by atoms with Crippen LogP contribution in [0.15, 0.2) is 46.4 Å². The minimum atomic E-state index is -3.55. The third kappa shape index (κ3) is 4.72. The summed E-state index contributed by atoms with van der Waals surface area (Å²) in [5, 5.41) is 5.15. The maximum Gasteiger partial charge on any atom is 0.240 e. The predicted molar refractivity (Wildman–Crippen MR) is 99.8 cm³/mol. The zero-order chi connectivity index (χ0) is 18.4. The van der Waals surface area contributed by atoms with Crippen molar-refractivity contribution in [2.45, 2.75) is 11.3 Å².